The highest BCUT2D eigenvalue weighted by molar-refractivity contribution is 9.08. The number of halogens is 1. The van der Waals surface area contributed by atoms with Crippen LogP contribution in [0.3, 0.4) is 0 Å². The summed E-state index contributed by atoms with van der Waals surface area (Å²) in [5.41, 5.74) is 0. The first-order valence-electron chi connectivity index (χ1n) is 1.57. The van der Waals surface area contributed by atoms with Crippen LogP contribution in [0.2, 0.25) is 0 Å². The van der Waals surface area contributed by atoms with Gasteiger partial charge in [0.15, 0.2) is 0 Å². The monoisotopic (exact) mass is 162 g/mol. The highest BCUT2D eigenvalue weighted by Crippen LogP contribution is 1.76. The van der Waals surface area contributed by atoms with Crippen molar-refractivity contribution < 1.29 is 4.79 Å². The smallest absolute Gasteiger partial charge is 0.244 e. The van der Waals surface area contributed by atoms with E-state index >= 15 is 0 Å². The van der Waals surface area contributed by atoms with Crippen molar-refractivity contribution in [3.63, 3.8) is 0 Å². The standard InChI is InChI=1S/C3H3BrN2O/c4-6-3(7)1-2-5/h1H2,(H,6,7). The minimum atomic E-state index is -0.317. The van der Waals surface area contributed by atoms with Crippen LogP contribution in [-0.2, 0) is 4.79 Å². The highest BCUT2D eigenvalue weighted by atomic mass is 79.9. The lowest BCUT2D eigenvalue weighted by Gasteiger charge is -1.82. The predicted molar refractivity (Wildman–Crippen MR) is 27.3 cm³/mol. The second-order valence-electron chi connectivity index (χ2n) is 0.853. The fourth-order valence-electron chi connectivity index (χ4n) is 0.105. The molecular weight excluding hydrogens is 160 g/mol. The first-order chi connectivity index (χ1) is 3.31. The third kappa shape index (κ3) is 3.27. The molecular formula is C3H3BrN2O. The van der Waals surface area contributed by atoms with E-state index in [1.165, 1.54) is 0 Å². The van der Waals surface area contributed by atoms with E-state index < -0.39 is 0 Å². The van der Waals surface area contributed by atoms with Crippen LogP contribution < -0.4 is 4.34 Å². The maximum atomic E-state index is 10.0. The van der Waals surface area contributed by atoms with Crippen molar-refractivity contribution in [1.82, 2.24) is 4.34 Å². The number of hydrogen-bond acceptors (Lipinski definition) is 2. The van der Waals surface area contributed by atoms with Gasteiger partial charge in [0.2, 0.25) is 5.91 Å². The average Bonchev–Trinajstić information content (AvgIpc) is 1.68. The van der Waals surface area contributed by atoms with Crippen LogP contribution in [0, 0.1) is 11.3 Å². The van der Waals surface area contributed by atoms with Gasteiger partial charge in [-0.05, 0) is 0 Å². The molecule has 0 fully saturated rings. The number of nitrogens with one attached hydrogen (secondary N) is 1. The van der Waals surface area contributed by atoms with Crippen molar-refractivity contribution in [2.45, 2.75) is 6.42 Å². The van der Waals surface area contributed by atoms with E-state index in [1.54, 1.807) is 6.07 Å². The van der Waals surface area contributed by atoms with Gasteiger partial charge >= 0.3 is 0 Å². The summed E-state index contributed by atoms with van der Waals surface area (Å²) in [6, 6.07) is 1.68. The lowest BCUT2D eigenvalue weighted by Crippen LogP contribution is -2.09. The molecule has 0 aromatic carbocycles. The molecule has 0 spiro atoms. The third-order valence-electron chi connectivity index (χ3n) is 0.345. The molecule has 38 valence electrons. The Kier molecular flexibility index (Phi) is 3.33. The van der Waals surface area contributed by atoms with Crippen LogP contribution in [0.15, 0.2) is 0 Å². The Bertz CT molecular complexity index is 106. The molecule has 0 saturated heterocycles. The summed E-state index contributed by atoms with van der Waals surface area (Å²) >= 11 is 2.67. The maximum Gasteiger partial charge on any atom is 0.244 e. The van der Waals surface area contributed by atoms with Crippen LogP contribution in [0.5, 0.6) is 0 Å². The zero-order valence-corrected chi connectivity index (χ0v) is 5.03. The Morgan fingerprint density at radius 3 is 2.71 bits per heavy atom. The summed E-state index contributed by atoms with van der Waals surface area (Å²) in [7, 11) is 0. The van der Waals surface area contributed by atoms with Gasteiger partial charge in [0.1, 0.15) is 6.42 Å². The van der Waals surface area contributed by atoms with Crippen molar-refractivity contribution >= 4 is 22.1 Å². The van der Waals surface area contributed by atoms with Crippen LogP contribution >= 0.6 is 16.1 Å². The Hall–Kier alpha value is -0.560. The number of nitriles is 1. The molecule has 0 aliphatic heterocycles. The molecule has 0 heterocycles. The molecule has 3 nitrogen and oxygen atoms in total. The van der Waals surface area contributed by atoms with E-state index in [9.17, 15) is 4.79 Å². The van der Waals surface area contributed by atoms with Gasteiger partial charge in [-0.2, -0.15) is 5.26 Å². The van der Waals surface area contributed by atoms with E-state index in [-0.39, 0.29) is 12.3 Å². The number of nitrogens with zero attached hydrogens (tertiary/aromatic N) is 1. The van der Waals surface area contributed by atoms with Crippen LogP contribution in [0.4, 0.5) is 0 Å². The largest absolute Gasteiger partial charge is 0.292 e. The van der Waals surface area contributed by atoms with Gasteiger partial charge in [0.25, 0.3) is 0 Å². The van der Waals surface area contributed by atoms with Crippen molar-refractivity contribution in [3.8, 4) is 6.07 Å². The summed E-state index contributed by atoms with van der Waals surface area (Å²) in [6.07, 6.45) is -0.0920. The lowest BCUT2D eigenvalue weighted by atomic mass is 10.5. The topological polar surface area (TPSA) is 52.9 Å². The molecule has 0 saturated carbocycles. The second-order valence-corrected chi connectivity index (χ2v) is 1.25. The van der Waals surface area contributed by atoms with Gasteiger partial charge in [-0.1, -0.05) is 0 Å². The zero-order chi connectivity index (χ0) is 5.70. The minimum Gasteiger partial charge on any atom is -0.292 e. The van der Waals surface area contributed by atoms with Gasteiger partial charge < -0.3 is 0 Å². The molecule has 0 atom stereocenters. The maximum absolute atomic E-state index is 10.0. The van der Waals surface area contributed by atoms with Crippen LogP contribution in [0.1, 0.15) is 6.42 Å². The van der Waals surface area contributed by atoms with Crippen molar-refractivity contribution in [1.29, 1.82) is 5.26 Å². The second kappa shape index (κ2) is 3.62. The number of rotatable bonds is 1. The SMILES string of the molecule is N#CCC(=O)NBr. The van der Waals surface area contributed by atoms with Crippen LogP contribution in [0.25, 0.3) is 0 Å². The number of amides is 1. The molecule has 0 aliphatic carbocycles. The summed E-state index contributed by atoms with van der Waals surface area (Å²) in [5.74, 6) is -0.317. The Morgan fingerprint density at radius 2 is 2.57 bits per heavy atom. The number of carbonyl (C=O) groups excluding carboxylic acids is 1. The van der Waals surface area contributed by atoms with Gasteiger partial charge in [0, 0.05) is 16.1 Å². The normalized spacial score (nSPS) is 6.86. The van der Waals surface area contributed by atoms with E-state index in [2.05, 4.69) is 20.5 Å². The molecule has 0 bridgehead atoms. The quantitative estimate of drug-likeness (QED) is 0.566. The summed E-state index contributed by atoms with van der Waals surface area (Å²) in [6.45, 7) is 0. The van der Waals surface area contributed by atoms with Gasteiger partial charge in [-0.15, -0.1) is 0 Å². The van der Waals surface area contributed by atoms with E-state index in [0.29, 0.717) is 0 Å². The fraction of sp³-hybridized carbons (Fsp3) is 0.333. The lowest BCUT2D eigenvalue weighted by molar-refractivity contribution is -0.118. The molecule has 0 aromatic rings. The summed E-state index contributed by atoms with van der Waals surface area (Å²) in [4.78, 5) is 10.0. The third-order valence-corrected chi connectivity index (χ3v) is 0.787. The molecule has 7 heavy (non-hydrogen) atoms. The molecule has 0 radical (unpaired) electrons. The Balaban J connectivity index is 3.23. The molecule has 0 unspecified atom stereocenters. The first-order valence-corrected chi connectivity index (χ1v) is 2.37. The van der Waals surface area contributed by atoms with Gasteiger partial charge in [-0.3, -0.25) is 9.14 Å². The van der Waals surface area contributed by atoms with Crippen molar-refractivity contribution in [3.05, 3.63) is 0 Å². The first kappa shape index (κ1) is 6.44. The van der Waals surface area contributed by atoms with E-state index in [0.717, 1.165) is 0 Å². The van der Waals surface area contributed by atoms with Crippen molar-refractivity contribution in [2.24, 2.45) is 0 Å². The van der Waals surface area contributed by atoms with Crippen molar-refractivity contribution in [2.75, 3.05) is 0 Å². The zero-order valence-electron chi connectivity index (χ0n) is 3.44. The molecule has 0 aromatic heterocycles. The van der Waals surface area contributed by atoms with Crippen LogP contribution in [-0.4, -0.2) is 5.91 Å². The Morgan fingerprint density at radius 1 is 2.00 bits per heavy atom. The molecule has 1 N–H and O–H groups in total. The molecule has 0 aliphatic rings. The van der Waals surface area contributed by atoms with E-state index in [4.69, 9.17) is 5.26 Å². The molecule has 0 rings (SSSR count). The molecule has 4 heteroatoms. The highest BCUT2D eigenvalue weighted by Gasteiger charge is 1.91. The summed E-state index contributed by atoms with van der Waals surface area (Å²) < 4.78 is 2.12. The molecule has 1 amide bonds. The number of hydrogen-bond donors (Lipinski definition) is 1. The number of carbonyl (C=O) groups is 1. The fourth-order valence-corrected chi connectivity index (χ4v) is 0.245. The predicted octanol–water partition coefficient (Wildman–Crippen LogP) is 0.326. The minimum absolute atomic E-state index is 0.0920. The summed E-state index contributed by atoms with van der Waals surface area (Å²) in [5, 5.41) is 7.84. The van der Waals surface area contributed by atoms with Gasteiger partial charge in [0.05, 0.1) is 6.07 Å². The van der Waals surface area contributed by atoms with Gasteiger partial charge in [-0.25, -0.2) is 0 Å². The van der Waals surface area contributed by atoms with E-state index in [1.807, 2.05) is 0 Å². The Labute approximate surface area is 49.7 Å². The average molecular weight is 163 g/mol.